The minimum atomic E-state index is -0.838. The van der Waals surface area contributed by atoms with Crippen LogP contribution in [0.15, 0.2) is 52.5 Å². The Morgan fingerprint density at radius 1 is 1.00 bits per heavy atom. The van der Waals surface area contributed by atoms with Crippen LogP contribution in [0.3, 0.4) is 0 Å². The van der Waals surface area contributed by atoms with Crippen molar-refractivity contribution in [3.8, 4) is 11.5 Å². The third kappa shape index (κ3) is 6.08. The maximum Gasteiger partial charge on any atom is 0.345 e. The van der Waals surface area contributed by atoms with Gasteiger partial charge in [0.05, 0.1) is 25.8 Å². The first kappa shape index (κ1) is 23.0. The summed E-state index contributed by atoms with van der Waals surface area (Å²) >= 11 is 3.36. The van der Waals surface area contributed by atoms with E-state index in [-0.39, 0.29) is 29.6 Å². The number of halogens is 1. The summed E-state index contributed by atoms with van der Waals surface area (Å²) in [5.74, 6) is -1.45. The van der Waals surface area contributed by atoms with Gasteiger partial charge in [0.1, 0.15) is 5.57 Å². The predicted molar refractivity (Wildman–Crippen MR) is 113 cm³/mol. The molecule has 1 N–H and O–H groups in total. The Morgan fingerprint density at radius 3 is 2.20 bits per heavy atom. The van der Waals surface area contributed by atoms with Gasteiger partial charge in [0.25, 0.3) is 5.91 Å². The van der Waals surface area contributed by atoms with Gasteiger partial charge < -0.3 is 24.3 Å². The smallest absolute Gasteiger partial charge is 0.345 e. The van der Waals surface area contributed by atoms with Gasteiger partial charge in [-0.15, -0.1) is 0 Å². The largest absolute Gasteiger partial charge is 0.493 e. The van der Waals surface area contributed by atoms with E-state index in [2.05, 4.69) is 30.7 Å². The van der Waals surface area contributed by atoms with Crippen molar-refractivity contribution in [2.24, 2.45) is 0 Å². The van der Waals surface area contributed by atoms with E-state index in [0.717, 1.165) is 14.2 Å². The molecule has 2 rings (SSSR count). The van der Waals surface area contributed by atoms with Crippen LogP contribution in [-0.4, -0.2) is 45.8 Å². The maximum absolute atomic E-state index is 12.1. The first-order valence-electron chi connectivity index (χ1n) is 8.63. The van der Waals surface area contributed by atoms with Gasteiger partial charge in [-0.2, -0.15) is 0 Å². The molecule has 0 radical (unpaired) electrons. The zero-order valence-electron chi connectivity index (χ0n) is 16.6. The number of nitrogens with one attached hydrogen (secondary N) is 1. The highest BCUT2D eigenvalue weighted by molar-refractivity contribution is 9.10. The van der Waals surface area contributed by atoms with E-state index in [1.807, 2.05) is 6.07 Å². The lowest BCUT2D eigenvalue weighted by Crippen LogP contribution is -2.20. The normalized spacial score (nSPS) is 9.87. The molecule has 0 aliphatic heterocycles. The lowest BCUT2D eigenvalue weighted by molar-refractivity contribution is -0.143. The van der Waals surface area contributed by atoms with Gasteiger partial charge in [0.15, 0.2) is 18.1 Å². The maximum atomic E-state index is 12.1. The van der Waals surface area contributed by atoms with E-state index < -0.39 is 11.9 Å². The number of carbonyl (C=O) groups is 3. The highest BCUT2D eigenvalue weighted by Crippen LogP contribution is 2.37. The molecule has 2 aromatic rings. The second kappa shape index (κ2) is 11.0. The molecule has 2 aromatic carbocycles. The molecule has 0 atom stereocenters. The number of amides is 1. The fraction of sp³-hybridized carbons (Fsp3) is 0.190. The average Bonchev–Trinajstić information content (AvgIpc) is 2.75. The van der Waals surface area contributed by atoms with Gasteiger partial charge in [-0.1, -0.05) is 18.2 Å². The average molecular weight is 478 g/mol. The fourth-order valence-electron chi connectivity index (χ4n) is 2.41. The molecule has 158 valence electrons. The van der Waals surface area contributed by atoms with Gasteiger partial charge in [-0.3, -0.25) is 4.79 Å². The number of carbonyl (C=O) groups excluding carboxylic acids is 3. The van der Waals surface area contributed by atoms with Gasteiger partial charge >= 0.3 is 11.9 Å². The molecule has 0 bridgehead atoms. The number of rotatable bonds is 8. The van der Waals surface area contributed by atoms with E-state index in [1.54, 1.807) is 36.4 Å². The van der Waals surface area contributed by atoms with Crippen molar-refractivity contribution in [1.29, 1.82) is 0 Å². The van der Waals surface area contributed by atoms with Gasteiger partial charge in [-0.25, -0.2) is 9.59 Å². The van der Waals surface area contributed by atoms with E-state index in [9.17, 15) is 14.4 Å². The molecule has 1 amide bonds. The van der Waals surface area contributed by atoms with Crippen molar-refractivity contribution >= 4 is 45.5 Å². The minimum Gasteiger partial charge on any atom is -0.493 e. The second-order valence-corrected chi connectivity index (χ2v) is 6.63. The highest BCUT2D eigenvalue weighted by Gasteiger charge is 2.21. The molecule has 9 heteroatoms. The van der Waals surface area contributed by atoms with Crippen LogP contribution in [0.2, 0.25) is 0 Å². The van der Waals surface area contributed by atoms with Crippen molar-refractivity contribution in [2.75, 3.05) is 33.3 Å². The molecular formula is C21H20BrNO7. The first-order chi connectivity index (χ1) is 14.4. The van der Waals surface area contributed by atoms with Gasteiger partial charge in [0.2, 0.25) is 0 Å². The Labute approximate surface area is 181 Å². The molecule has 0 aromatic heterocycles. The fourth-order valence-corrected chi connectivity index (χ4v) is 2.98. The molecule has 0 saturated carbocycles. The SMILES string of the molecule is COC(=O)C(=Cc1cc(Br)c(OCC(=O)Nc2ccccc2)c(OC)c1)C(=O)OC. The number of benzene rings is 2. The number of ether oxygens (including phenoxy) is 4. The zero-order chi connectivity index (χ0) is 22.1. The summed E-state index contributed by atoms with van der Waals surface area (Å²) in [6.07, 6.45) is 1.30. The summed E-state index contributed by atoms with van der Waals surface area (Å²) in [6.45, 7) is -0.255. The van der Waals surface area contributed by atoms with Crippen molar-refractivity contribution in [3.63, 3.8) is 0 Å². The van der Waals surface area contributed by atoms with Crippen molar-refractivity contribution in [2.45, 2.75) is 0 Å². The lowest BCUT2D eigenvalue weighted by atomic mass is 10.1. The summed E-state index contributed by atoms with van der Waals surface area (Å²) in [7, 11) is 3.74. The Balaban J connectivity index is 2.22. The van der Waals surface area contributed by atoms with Crippen molar-refractivity contribution in [3.05, 3.63) is 58.1 Å². The van der Waals surface area contributed by atoms with Crippen LogP contribution in [-0.2, 0) is 23.9 Å². The van der Waals surface area contributed by atoms with Crippen molar-refractivity contribution in [1.82, 2.24) is 0 Å². The van der Waals surface area contributed by atoms with Crippen LogP contribution < -0.4 is 14.8 Å². The molecule has 0 saturated heterocycles. The van der Waals surface area contributed by atoms with Crippen LogP contribution in [0.5, 0.6) is 11.5 Å². The standard InChI is InChI=1S/C21H20BrNO7/c1-27-17-11-13(9-15(20(25)28-2)21(26)29-3)10-16(22)19(17)30-12-18(24)23-14-7-5-4-6-8-14/h4-11H,12H2,1-3H3,(H,23,24). The summed E-state index contributed by atoms with van der Waals surface area (Å²) in [4.78, 5) is 35.8. The lowest BCUT2D eigenvalue weighted by Gasteiger charge is -2.14. The van der Waals surface area contributed by atoms with Crippen molar-refractivity contribution < 1.29 is 33.3 Å². The third-order valence-electron chi connectivity index (χ3n) is 3.78. The summed E-state index contributed by atoms with van der Waals surface area (Å²) in [6, 6.07) is 12.1. The summed E-state index contributed by atoms with van der Waals surface area (Å²) < 4.78 is 20.6. The highest BCUT2D eigenvalue weighted by atomic mass is 79.9. The predicted octanol–water partition coefficient (Wildman–Crippen LogP) is 3.20. The topological polar surface area (TPSA) is 100 Å². The third-order valence-corrected chi connectivity index (χ3v) is 4.37. The number of methoxy groups -OCH3 is 3. The number of anilines is 1. The molecule has 0 spiro atoms. The Morgan fingerprint density at radius 2 is 1.63 bits per heavy atom. The Bertz CT molecular complexity index is 939. The minimum absolute atomic E-state index is 0.255. The molecule has 0 heterocycles. The summed E-state index contributed by atoms with van der Waals surface area (Å²) in [5, 5.41) is 2.71. The molecule has 0 unspecified atom stereocenters. The number of hydrogen-bond donors (Lipinski definition) is 1. The van der Waals surface area contributed by atoms with Crippen LogP contribution in [0, 0.1) is 0 Å². The van der Waals surface area contributed by atoms with Crippen LogP contribution in [0.4, 0.5) is 5.69 Å². The second-order valence-electron chi connectivity index (χ2n) is 5.78. The molecule has 8 nitrogen and oxygen atoms in total. The molecular weight excluding hydrogens is 458 g/mol. The van der Waals surface area contributed by atoms with Crippen LogP contribution in [0.25, 0.3) is 6.08 Å². The number of esters is 2. The number of hydrogen-bond acceptors (Lipinski definition) is 7. The number of para-hydroxylation sites is 1. The first-order valence-corrected chi connectivity index (χ1v) is 9.42. The van der Waals surface area contributed by atoms with Gasteiger partial charge in [-0.05, 0) is 51.8 Å². The van der Waals surface area contributed by atoms with E-state index in [1.165, 1.54) is 13.2 Å². The monoisotopic (exact) mass is 477 g/mol. The van der Waals surface area contributed by atoms with Gasteiger partial charge in [0, 0.05) is 5.69 Å². The molecule has 30 heavy (non-hydrogen) atoms. The van der Waals surface area contributed by atoms with Crippen LogP contribution >= 0.6 is 15.9 Å². The van der Waals surface area contributed by atoms with Crippen LogP contribution in [0.1, 0.15) is 5.56 Å². The zero-order valence-corrected chi connectivity index (χ0v) is 18.1. The van der Waals surface area contributed by atoms with E-state index >= 15 is 0 Å². The summed E-state index contributed by atoms with van der Waals surface area (Å²) in [5.41, 5.74) is 0.811. The molecule has 0 aliphatic carbocycles. The molecule has 0 aliphatic rings. The Kier molecular flexibility index (Phi) is 8.42. The molecule has 0 fully saturated rings. The van der Waals surface area contributed by atoms with E-state index in [4.69, 9.17) is 9.47 Å². The van der Waals surface area contributed by atoms with E-state index in [0.29, 0.717) is 15.7 Å². The Hall–Kier alpha value is -3.33. The quantitative estimate of drug-likeness (QED) is 0.269.